The molecule has 2 aromatic rings. The molecule has 2 heterocycles. The number of methoxy groups -OCH3 is 1. The largest absolute Gasteiger partial charge is 0.465 e. The van der Waals surface area contributed by atoms with Crippen LogP contribution in [0.25, 0.3) is 5.70 Å². The van der Waals surface area contributed by atoms with E-state index < -0.39 is 18.0 Å². The summed E-state index contributed by atoms with van der Waals surface area (Å²) in [6, 6.07) is 17.4. The number of rotatable bonds is 5. The molecular formula is C24H20N4O4S. The molecule has 33 heavy (non-hydrogen) atoms. The van der Waals surface area contributed by atoms with E-state index in [4.69, 9.17) is 20.2 Å². The zero-order chi connectivity index (χ0) is 23.5. The van der Waals surface area contributed by atoms with Gasteiger partial charge in [0.15, 0.2) is 5.17 Å². The standard InChI is InChI=1S/C24H20N4O4S/c1-3-32-23(30)18-19(14-7-5-4-6-8-14)27-24-28(21(26)17(13-25)33-24)20(18)15-9-11-16(12-10-15)22(29)31-2/h4-12,20H,3,26H2,1-2H3/t20-/m1/s1. The number of nitrogens with two attached hydrogens (primary N) is 1. The fraction of sp³-hybridized carbons (Fsp3) is 0.167. The van der Waals surface area contributed by atoms with Crippen molar-refractivity contribution < 1.29 is 19.1 Å². The smallest absolute Gasteiger partial charge is 0.338 e. The molecule has 8 nitrogen and oxygen atoms in total. The van der Waals surface area contributed by atoms with Crippen LogP contribution in [-0.4, -0.2) is 35.7 Å². The van der Waals surface area contributed by atoms with Gasteiger partial charge in [0.2, 0.25) is 0 Å². The molecule has 0 spiro atoms. The maximum atomic E-state index is 13.3. The molecule has 0 aliphatic carbocycles. The van der Waals surface area contributed by atoms with Crippen molar-refractivity contribution in [3.05, 3.63) is 87.6 Å². The van der Waals surface area contributed by atoms with Gasteiger partial charge in [0.25, 0.3) is 0 Å². The Kier molecular flexibility index (Phi) is 6.20. The minimum atomic E-state index is -0.711. The molecule has 166 valence electrons. The van der Waals surface area contributed by atoms with Crippen molar-refractivity contribution in [3.8, 4) is 6.07 Å². The average molecular weight is 461 g/mol. The number of hydrogen-bond acceptors (Lipinski definition) is 9. The molecule has 0 saturated heterocycles. The predicted molar refractivity (Wildman–Crippen MR) is 124 cm³/mol. The highest BCUT2D eigenvalue weighted by molar-refractivity contribution is 8.17. The number of nitrogens with zero attached hydrogens (tertiary/aromatic N) is 3. The van der Waals surface area contributed by atoms with Gasteiger partial charge in [0, 0.05) is 5.56 Å². The number of hydrogen-bond donors (Lipinski definition) is 1. The highest BCUT2D eigenvalue weighted by Crippen LogP contribution is 2.47. The quantitative estimate of drug-likeness (QED) is 0.673. The number of carbonyl (C=O) groups is 2. The van der Waals surface area contributed by atoms with Gasteiger partial charge in [-0.25, -0.2) is 14.6 Å². The topological polar surface area (TPSA) is 118 Å². The maximum absolute atomic E-state index is 13.3. The Hall–Kier alpha value is -4.03. The third-order valence-electron chi connectivity index (χ3n) is 5.18. The lowest BCUT2D eigenvalue weighted by Crippen LogP contribution is -2.38. The molecule has 0 saturated carbocycles. The maximum Gasteiger partial charge on any atom is 0.338 e. The van der Waals surface area contributed by atoms with Crippen molar-refractivity contribution in [1.29, 1.82) is 5.26 Å². The first kappa shape index (κ1) is 22.2. The van der Waals surface area contributed by atoms with E-state index in [2.05, 4.69) is 6.07 Å². The number of aliphatic imine (C=N–C) groups is 1. The Morgan fingerprint density at radius 3 is 2.45 bits per heavy atom. The number of nitriles is 1. The fourth-order valence-corrected chi connectivity index (χ4v) is 4.56. The van der Waals surface area contributed by atoms with Crippen molar-refractivity contribution in [2.45, 2.75) is 13.0 Å². The molecular weight excluding hydrogens is 440 g/mol. The summed E-state index contributed by atoms with van der Waals surface area (Å²) in [5.74, 6) is -0.803. The second-order valence-electron chi connectivity index (χ2n) is 7.06. The third kappa shape index (κ3) is 3.97. The molecule has 9 heteroatoms. The fourth-order valence-electron chi connectivity index (χ4n) is 3.69. The molecule has 0 radical (unpaired) electrons. The van der Waals surface area contributed by atoms with Crippen LogP contribution < -0.4 is 5.73 Å². The van der Waals surface area contributed by atoms with E-state index in [1.807, 2.05) is 30.3 Å². The summed E-state index contributed by atoms with van der Waals surface area (Å²) < 4.78 is 10.2. The average Bonchev–Trinajstić information content (AvgIpc) is 3.18. The number of carbonyl (C=O) groups excluding carboxylic acids is 2. The SMILES string of the molecule is CCOC(=O)C1=C(c2ccccc2)N=C2SC(C#N)=C(N)N2[C@@H]1c1ccc(C(=O)OC)cc1. The molecule has 2 aliphatic heterocycles. The van der Waals surface area contributed by atoms with Crippen LogP contribution in [0.4, 0.5) is 0 Å². The lowest BCUT2D eigenvalue weighted by atomic mass is 9.91. The van der Waals surface area contributed by atoms with Crippen molar-refractivity contribution in [1.82, 2.24) is 4.90 Å². The Bertz CT molecular complexity index is 1240. The summed E-state index contributed by atoms with van der Waals surface area (Å²) in [5.41, 5.74) is 8.84. The molecule has 0 aromatic heterocycles. The van der Waals surface area contributed by atoms with Gasteiger partial charge >= 0.3 is 11.9 Å². The number of benzene rings is 2. The Morgan fingerprint density at radius 1 is 1.15 bits per heavy atom. The van der Waals surface area contributed by atoms with E-state index in [1.54, 1.807) is 36.1 Å². The Balaban J connectivity index is 1.95. The normalized spacial score (nSPS) is 17.3. The first-order valence-electron chi connectivity index (χ1n) is 10.1. The van der Waals surface area contributed by atoms with Gasteiger partial charge in [0.1, 0.15) is 16.8 Å². The van der Waals surface area contributed by atoms with E-state index in [1.165, 1.54) is 7.11 Å². The number of ether oxygens (including phenoxy) is 2. The van der Waals surface area contributed by atoms with Crippen molar-refractivity contribution in [2.24, 2.45) is 10.7 Å². The summed E-state index contributed by atoms with van der Waals surface area (Å²) in [7, 11) is 1.31. The van der Waals surface area contributed by atoms with Gasteiger partial charge in [0.05, 0.1) is 36.6 Å². The monoisotopic (exact) mass is 460 g/mol. The number of fused-ring (bicyclic) bond motifs is 1. The third-order valence-corrected chi connectivity index (χ3v) is 6.15. The zero-order valence-electron chi connectivity index (χ0n) is 17.9. The molecule has 2 aromatic carbocycles. The van der Waals surface area contributed by atoms with E-state index in [0.717, 1.165) is 17.3 Å². The molecule has 4 rings (SSSR count). The molecule has 2 aliphatic rings. The molecule has 0 fully saturated rings. The number of thioether (sulfide) groups is 1. The van der Waals surface area contributed by atoms with Crippen molar-refractivity contribution >= 4 is 34.6 Å². The van der Waals surface area contributed by atoms with Crippen LogP contribution in [0.2, 0.25) is 0 Å². The van der Waals surface area contributed by atoms with Gasteiger partial charge in [-0.15, -0.1) is 0 Å². The van der Waals surface area contributed by atoms with Crippen LogP contribution in [0.3, 0.4) is 0 Å². The van der Waals surface area contributed by atoms with Crippen molar-refractivity contribution in [2.75, 3.05) is 13.7 Å². The van der Waals surface area contributed by atoms with Gasteiger partial charge in [-0.1, -0.05) is 42.5 Å². The van der Waals surface area contributed by atoms with Gasteiger partial charge in [-0.05, 0) is 36.4 Å². The summed E-state index contributed by atoms with van der Waals surface area (Å²) in [6.45, 7) is 1.91. The van der Waals surface area contributed by atoms with Crippen molar-refractivity contribution in [3.63, 3.8) is 0 Å². The first-order valence-corrected chi connectivity index (χ1v) is 10.9. The summed E-state index contributed by atoms with van der Waals surface area (Å²) >= 11 is 1.15. The number of amidine groups is 1. The van der Waals surface area contributed by atoms with E-state index >= 15 is 0 Å². The minimum absolute atomic E-state index is 0.179. The van der Waals surface area contributed by atoms with Gasteiger partial charge in [-0.3, -0.25) is 4.90 Å². The minimum Gasteiger partial charge on any atom is -0.465 e. The summed E-state index contributed by atoms with van der Waals surface area (Å²) in [6.07, 6.45) is 0. The second kappa shape index (κ2) is 9.22. The molecule has 0 amide bonds. The molecule has 0 bridgehead atoms. The van der Waals surface area contributed by atoms with E-state index in [0.29, 0.717) is 32.5 Å². The molecule has 0 unspecified atom stereocenters. The first-order chi connectivity index (χ1) is 16.0. The summed E-state index contributed by atoms with van der Waals surface area (Å²) in [5, 5.41) is 10.0. The second-order valence-corrected chi connectivity index (χ2v) is 8.04. The Labute approximate surface area is 195 Å². The number of allylic oxidation sites excluding steroid dienone is 1. The summed E-state index contributed by atoms with van der Waals surface area (Å²) in [4.78, 5) is 31.8. The van der Waals surface area contributed by atoms with Crippen LogP contribution >= 0.6 is 11.8 Å². The number of esters is 2. The van der Waals surface area contributed by atoms with Gasteiger partial charge in [-0.2, -0.15) is 5.26 Å². The van der Waals surface area contributed by atoms with Gasteiger partial charge < -0.3 is 15.2 Å². The van der Waals surface area contributed by atoms with Crippen LogP contribution in [0.1, 0.15) is 34.5 Å². The van der Waals surface area contributed by atoms with Crippen LogP contribution in [0.15, 0.2) is 75.9 Å². The molecule has 1 atom stereocenters. The van der Waals surface area contributed by atoms with E-state index in [-0.39, 0.29) is 12.4 Å². The zero-order valence-corrected chi connectivity index (χ0v) is 18.8. The van der Waals surface area contributed by atoms with Crippen LogP contribution in [-0.2, 0) is 14.3 Å². The lowest BCUT2D eigenvalue weighted by Gasteiger charge is -2.35. The predicted octanol–water partition coefficient (Wildman–Crippen LogP) is 3.56. The highest BCUT2D eigenvalue weighted by atomic mass is 32.2. The lowest BCUT2D eigenvalue weighted by molar-refractivity contribution is -0.139. The van der Waals surface area contributed by atoms with E-state index in [9.17, 15) is 14.9 Å². The molecule has 2 N–H and O–H groups in total. The van der Waals surface area contributed by atoms with Crippen LogP contribution in [0.5, 0.6) is 0 Å². The van der Waals surface area contributed by atoms with Crippen LogP contribution in [0, 0.1) is 11.3 Å². The Morgan fingerprint density at radius 2 is 1.85 bits per heavy atom. The highest BCUT2D eigenvalue weighted by Gasteiger charge is 2.43.